The van der Waals surface area contributed by atoms with Crippen LogP contribution in [0.5, 0.6) is 0 Å². The van der Waals surface area contributed by atoms with E-state index in [2.05, 4.69) is 69.9 Å². The van der Waals surface area contributed by atoms with E-state index in [0.29, 0.717) is 11.8 Å². The van der Waals surface area contributed by atoms with Crippen LogP contribution in [-0.2, 0) is 6.54 Å². The monoisotopic (exact) mass is 334 g/mol. The Morgan fingerprint density at radius 2 is 1.76 bits per heavy atom. The molecule has 4 nitrogen and oxygen atoms in total. The minimum absolute atomic E-state index is 0.511. The third-order valence-electron chi connectivity index (χ3n) is 5.35. The van der Waals surface area contributed by atoms with Crippen molar-refractivity contribution in [1.29, 1.82) is 0 Å². The van der Waals surface area contributed by atoms with E-state index >= 15 is 0 Å². The van der Waals surface area contributed by atoms with Crippen LogP contribution in [-0.4, -0.2) is 32.6 Å². The first-order valence-corrected chi connectivity index (χ1v) is 9.31. The quantitative estimate of drug-likeness (QED) is 0.716. The summed E-state index contributed by atoms with van der Waals surface area (Å²) in [6, 6.07) is 15.2. The van der Waals surface area contributed by atoms with Gasteiger partial charge in [0.25, 0.3) is 0 Å². The van der Waals surface area contributed by atoms with Gasteiger partial charge in [0.15, 0.2) is 5.65 Å². The first kappa shape index (κ1) is 16.3. The van der Waals surface area contributed by atoms with Gasteiger partial charge in [-0.15, -0.1) is 10.2 Å². The molecule has 1 fully saturated rings. The van der Waals surface area contributed by atoms with Gasteiger partial charge in [-0.25, -0.2) is 0 Å². The normalized spacial score (nSPS) is 16.8. The zero-order chi connectivity index (χ0) is 17.2. The van der Waals surface area contributed by atoms with Crippen LogP contribution in [0.3, 0.4) is 0 Å². The molecule has 0 bridgehead atoms. The van der Waals surface area contributed by atoms with Crippen molar-refractivity contribution in [2.75, 3.05) is 13.1 Å². The SMILES string of the molecule is CC(C)c1ccc(CN2CCC(c3nnc4ccccn34)CC2)cc1. The predicted octanol–water partition coefficient (Wildman–Crippen LogP) is 4.23. The number of hydrogen-bond donors (Lipinski definition) is 0. The summed E-state index contributed by atoms with van der Waals surface area (Å²) in [5.74, 6) is 2.23. The molecule has 1 aliphatic rings. The van der Waals surface area contributed by atoms with Crippen LogP contribution in [0.15, 0.2) is 48.7 Å². The summed E-state index contributed by atoms with van der Waals surface area (Å²) in [5.41, 5.74) is 3.78. The number of hydrogen-bond acceptors (Lipinski definition) is 3. The van der Waals surface area contributed by atoms with Crippen LogP contribution in [0, 0.1) is 0 Å². The molecule has 3 aromatic rings. The van der Waals surface area contributed by atoms with E-state index in [1.54, 1.807) is 0 Å². The van der Waals surface area contributed by atoms with Crippen molar-refractivity contribution in [1.82, 2.24) is 19.5 Å². The first-order valence-electron chi connectivity index (χ1n) is 9.31. The summed E-state index contributed by atoms with van der Waals surface area (Å²) in [5, 5.41) is 8.75. The smallest absolute Gasteiger partial charge is 0.160 e. The maximum atomic E-state index is 4.45. The zero-order valence-corrected chi connectivity index (χ0v) is 15.1. The van der Waals surface area contributed by atoms with Gasteiger partial charge >= 0.3 is 0 Å². The van der Waals surface area contributed by atoms with Gasteiger partial charge in [0.2, 0.25) is 0 Å². The Hall–Kier alpha value is -2.20. The van der Waals surface area contributed by atoms with E-state index in [4.69, 9.17) is 0 Å². The summed E-state index contributed by atoms with van der Waals surface area (Å²) in [6.45, 7) is 7.78. The number of nitrogens with zero attached hydrogens (tertiary/aromatic N) is 4. The number of piperidine rings is 1. The largest absolute Gasteiger partial charge is 0.299 e. The highest BCUT2D eigenvalue weighted by molar-refractivity contribution is 5.37. The van der Waals surface area contributed by atoms with Crippen LogP contribution in [0.1, 0.15) is 55.5 Å². The maximum absolute atomic E-state index is 4.45. The van der Waals surface area contributed by atoms with Gasteiger partial charge in [-0.3, -0.25) is 9.30 Å². The molecular formula is C21H26N4. The standard InChI is InChI=1S/C21H26N4/c1-16(2)18-8-6-17(7-9-18)15-24-13-10-19(11-14-24)21-23-22-20-5-3-4-12-25(20)21/h3-9,12,16,19H,10-11,13-15H2,1-2H3. The number of pyridine rings is 1. The molecule has 4 heteroatoms. The Morgan fingerprint density at radius 3 is 2.48 bits per heavy atom. The van der Waals surface area contributed by atoms with Crippen molar-refractivity contribution in [3.8, 4) is 0 Å². The van der Waals surface area contributed by atoms with E-state index in [-0.39, 0.29) is 0 Å². The molecule has 2 aromatic heterocycles. The van der Waals surface area contributed by atoms with Crippen LogP contribution < -0.4 is 0 Å². The summed E-state index contributed by atoms with van der Waals surface area (Å²) >= 11 is 0. The Labute approximate surface area is 149 Å². The highest BCUT2D eigenvalue weighted by Gasteiger charge is 2.24. The van der Waals surface area contributed by atoms with Gasteiger partial charge < -0.3 is 0 Å². The Morgan fingerprint density at radius 1 is 1.00 bits per heavy atom. The second kappa shape index (κ2) is 6.96. The Balaban J connectivity index is 1.38. The molecule has 3 heterocycles. The van der Waals surface area contributed by atoms with Gasteiger partial charge in [0.05, 0.1) is 0 Å². The van der Waals surface area contributed by atoms with E-state index in [0.717, 1.165) is 43.9 Å². The lowest BCUT2D eigenvalue weighted by atomic mass is 9.95. The lowest BCUT2D eigenvalue weighted by molar-refractivity contribution is 0.201. The molecule has 4 rings (SSSR count). The molecule has 0 N–H and O–H groups in total. The number of benzene rings is 1. The second-order valence-electron chi connectivity index (χ2n) is 7.43. The topological polar surface area (TPSA) is 33.4 Å². The molecule has 0 radical (unpaired) electrons. The minimum atomic E-state index is 0.511. The van der Waals surface area contributed by atoms with Gasteiger partial charge in [-0.05, 0) is 55.1 Å². The number of fused-ring (bicyclic) bond motifs is 1. The molecule has 0 amide bonds. The highest BCUT2D eigenvalue weighted by atomic mass is 15.2. The van der Waals surface area contributed by atoms with E-state index < -0.39 is 0 Å². The average Bonchev–Trinajstić information content (AvgIpc) is 3.07. The van der Waals surface area contributed by atoms with Gasteiger partial charge in [0, 0.05) is 18.7 Å². The molecule has 130 valence electrons. The zero-order valence-electron chi connectivity index (χ0n) is 15.1. The lowest BCUT2D eigenvalue weighted by Crippen LogP contribution is -2.33. The predicted molar refractivity (Wildman–Crippen MR) is 101 cm³/mol. The molecule has 1 saturated heterocycles. The van der Waals surface area contributed by atoms with Crippen molar-refractivity contribution < 1.29 is 0 Å². The summed E-state index contributed by atoms with van der Waals surface area (Å²) in [4.78, 5) is 2.56. The summed E-state index contributed by atoms with van der Waals surface area (Å²) < 4.78 is 2.14. The van der Waals surface area contributed by atoms with E-state index in [1.165, 1.54) is 11.1 Å². The summed E-state index contributed by atoms with van der Waals surface area (Å²) in [7, 11) is 0. The van der Waals surface area contributed by atoms with Gasteiger partial charge in [0.1, 0.15) is 5.82 Å². The third kappa shape index (κ3) is 3.45. The van der Waals surface area contributed by atoms with Crippen molar-refractivity contribution in [3.05, 3.63) is 65.6 Å². The molecular weight excluding hydrogens is 308 g/mol. The van der Waals surface area contributed by atoms with Gasteiger partial charge in [-0.2, -0.15) is 0 Å². The second-order valence-corrected chi connectivity index (χ2v) is 7.43. The van der Waals surface area contributed by atoms with Crippen molar-refractivity contribution >= 4 is 5.65 Å². The number of aromatic nitrogens is 3. The summed E-state index contributed by atoms with van der Waals surface area (Å²) in [6.07, 6.45) is 4.38. The fraction of sp³-hybridized carbons (Fsp3) is 0.429. The minimum Gasteiger partial charge on any atom is -0.299 e. The highest BCUT2D eigenvalue weighted by Crippen LogP contribution is 2.28. The average molecular weight is 334 g/mol. The molecule has 1 aliphatic heterocycles. The van der Waals surface area contributed by atoms with E-state index in [1.807, 2.05) is 12.1 Å². The van der Waals surface area contributed by atoms with Crippen molar-refractivity contribution in [2.45, 2.75) is 45.1 Å². The number of rotatable bonds is 4. The Kier molecular flexibility index (Phi) is 4.53. The fourth-order valence-corrected chi connectivity index (χ4v) is 3.75. The first-order chi connectivity index (χ1) is 12.2. The number of likely N-dealkylation sites (tertiary alicyclic amines) is 1. The third-order valence-corrected chi connectivity index (χ3v) is 5.35. The molecule has 0 aliphatic carbocycles. The fourth-order valence-electron chi connectivity index (χ4n) is 3.75. The van der Waals surface area contributed by atoms with Crippen LogP contribution in [0.2, 0.25) is 0 Å². The Bertz CT molecular complexity index is 826. The molecule has 0 spiro atoms. The van der Waals surface area contributed by atoms with Crippen LogP contribution >= 0.6 is 0 Å². The molecule has 0 saturated carbocycles. The molecule has 0 unspecified atom stereocenters. The van der Waals surface area contributed by atoms with Gasteiger partial charge in [-0.1, -0.05) is 44.2 Å². The van der Waals surface area contributed by atoms with Crippen LogP contribution in [0.25, 0.3) is 5.65 Å². The maximum Gasteiger partial charge on any atom is 0.160 e. The van der Waals surface area contributed by atoms with E-state index in [9.17, 15) is 0 Å². The molecule has 0 atom stereocenters. The lowest BCUT2D eigenvalue weighted by Gasteiger charge is -2.31. The van der Waals surface area contributed by atoms with Crippen molar-refractivity contribution in [2.24, 2.45) is 0 Å². The van der Waals surface area contributed by atoms with Crippen LogP contribution in [0.4, 0.5) is 0 Å². The molecule has 1 aromatic carbocycles. The molecule has 25 heavy (non-hydrogen) atoms. The van der Waals surface area contributed by atoms with Crippen molar-refractivity contribution in [3.63, 3.8) is 0 Å².